The zero-order chi connectivity index (χ0) is 30.5. The third-order valence-electron chi connectivity index (χ3n) is 8.70. The normalized spacial score (nSPS) is 25.0. The summed E-state index contributed by atoms with van der Waals surface area (Å²) < 4.78 is 44.4. The van der Waals surface area contributed by atoms with Crippen LogP contribution in [0.15, 0.2) is 18.6 Å². The first-order valence-corrected chi connectivity index (χ1v) is 14.2. The second kappa shape index (κ2) is 11.2. The van der Waals surface area contributed by atoms with Crippen LogP contribution < -0.4 is 0 Å². The zero-order valence-electron chi connectivity index (χ0n) is 23.3. The fraction of sp³-hybridized carbons (Fsp3) is 0.607. The van der Waals surface area contributed by atoms with E-state index in [2.05, 4.69) is 10.1 Å². The van der Waals surface area contributed by atoms with Crippen LogP contribution in [0.25, 0.3) is 0 Å². The van der Waals surface area contributed by atoms with Gasteiger partial charge in [0.2, 0.25) is 0 Å². The van der Waals surface area contributed by atoms with E-state index < -0.39 is 59.1 Å². The van der Waals surface area contributed by atoms with Gasteiger partial charge in [-0.05, 0) is 56.8 Å². The number of carboxylic acids is 1. The minimum atomic E-state index is -4.92. The molecule has 0 unspecified atom stereocenters. The molecule has 4 rings (SSSR count). The molecular formula is C28H33Cl2F3N4O4. The molecule has 2 heterocycles. The number of hydrogen-bond acceptors (Lipinski definition) is 5. The Morgan fingerprint density at radius 1 is 1.07 bits per heavy atom. The Morgan fingerprint density at radius 2 is 1.63 bits per heavy atom. The van der Waals surface area contributed by atoms with Gasteiger partial charge in [-0.1, -0.05) is 44.0 Å². The molecule has 0 aliphatic heterocycles. The lowest BCUT2D eigenvalue weighted by atomic mass is 9.65. The van der Waals surface area contributed by atoms with Crippen molar-refractivity contribution in [2.45, 2.75) is 84.5 Å². The molecule has 1 N–H and O–H groups in total. The van der Waals surface area contributed by atoms with E-state index >= 15 is 0 Å². The lowest BCUT2D eigenvalue weighted by Gasteiger charge is -2.48. The summed E-state index contributed by atoms with van der Waals surface area (Å²) in [6, 6.07) is -1.19. The van der Waals surface area contributed by atoms with Crippen LogP contribution in [0.2, 0.25) is 10.0 Å². The summed E-state index contributed by atoms with van der Waals surface area (Å²) in [5.41, 5.74) is -3.01. The van der Waals surface area contributed by atoms with E-state index in [1.54, 1.807) is 6.92 Å². The van der Waals surface area contributed by atoms with E-state index in [1.807, 2.05) is 20.8 Å². The molecule has 1 amide bonds. The quantitative estimate of drug-likeness (QED) is 0.337. The number of pyridine rings is 1. The predicted molar refractivity (Wildman–Crippen MR) is 146 cm³/mol. The van der Waals surface area contributed by atoms with E-state index in [9.17, 15) is 32.7 Å². The van der Waals surface area contributed by atoms with Crippen LogP contribution in [0, 0.1) is 16.7 Å². The molecule has 0 bridgehead atoms. The van der Waals surface area contributed by atoms with E-state index in [4.69, 9.17) is 23.2 Å². The second-order valence-electron chi connectivity index (χ2n) is 12.5. The van der Waals surface area contributed by atoms with Crippen LogP contribution in [0.3, 0.4) is 0 Å². The van der Waals surface area contributed by atoms with Crippen molar-refractivity contribution in [3.05, 3.63) is 45.5 Å². The minimum absolute atomic E-state index is 0.0227. The van der Waals surface area contributed by atoms with Gasteiger partial charge in [0.15, 0.2) is 11.5 Å². The molecule has 2 aromatic heterocycles. The summed E-state index contributed by atoms with van der Waals surface area (Å²) in [6.45, 7) is 7.20. The third kappa shape index (κ3) is 6.26. The Balaban J connectivity index is 1.68. The highest BCUT2D eigenvalue weighted by molar-refractivity contribution is 6.39. The topological polar surface area (TPSA) is 105 Å². The highest BCUT2D eigenvalue weighted by Crippen LogP contribution is 2.46. The maximum atomic E-state index is 14.5. The number of rotatable bonds is 7. The van der Waals surface area contributed by atoms with Gasteiger partial charge in [0, 0.05) is 18.4 Å². The van der Waals surface area contributed by atoms with Crippen LogP contribution in [-0.4, -0.2) is 55.0 Å². The van der Waals surface area contributed by atoms with Crippen LogP contribution >= 0.6 is 23.2 Å². The highest BCUT2D eigenvalue weighted by atomic mass is 35.5. The third-order valence-corrected chi connectivity index (χ3v) is 9.27. The molecule has 2 saturated carbocycles. The van der Waals surface area contributed by atoms with Crippen molar-refractivity contribution in [1.82, 2.24) is 19.7 Å². The number of alkyl halides is 3. The fourth-order valence-electron chi connectivity index (χ4n) is 5.76. The van der Waals surface area contributed by atoms with E-state index in [-0.39, 0.29) is 52.6 Å². The summed E-state index contributed by atoms with van der Waals surface area (Å²) in [5, 5.41) is 13.5. The van der Waals surface area contributed by atoms with Gasteiger partial charge in [-0.3, -0.25) is 24.0 Å². The van der Waals surface area contributed by atoms with Crippen molar-refractivity contribution in [2.75, 3.05) is 6.54 Å². The average Bonchev–Trinajstić information content (AvgIpc) is 3.27. The summed E-state index contributed by atoms with van der Waals surface area (Å²) in [6.07, 6.45) is 0.175. The first-order valence-electron chi connectivity index (χ1n) is 13.5. The number of aliphatic carboxylic acids is 1. The number of carbonyl (C=O) groups is 3. The van der Waals surface area contributed by atoms with Gasteiger partial charge in [-0.15, -0.1) is 0 Å². The lowest BCUT2D eigenvalue weighted by molar-refractivity contribution is -0.152. The Kier molecular flexibility index (Phi) is 8.55. The molecule has 0 spiro atoms. The monoisotopic (exact) mass is 616 g/mol. The number of nitrogens with zero attached hydrogens (tertiary/aromatic N) is 4. The lowest BCUT2D eigenvalue weighted by Crippen LogP contribution is -2.52. The van der Waals surface area contributed by atoms with Gasteiger partial charge >= 0.3 is 12.1 Å². The Bertz CT molecular complexity index is 1320. The maximum Gasteiger partial charge on any atom is 0.433 e. The summed E-state index contributed by atoms with van der Waals surface area (Å²) in [7, 11) is 0. The van der Waals surface area contributed by atoms with E-state index in [0.29, 0.717) is 12.8 Å². The van der Waals surface area contributed by atoms with Gasteiger partial charge < -0.3 is 10.0 Å². The van der Waals surface area contributed by atoms with Gasteiger partial charge in [0.25, 0.3) is 5.91 Å². The molecule has 2 fully saturated rings. The average molecular weight is 617 g/mol. The number of amides is 1. The standard InChI is InChI=1S/C28H33Cl2F3N4O4/c1-26(2,3)15-9-17(10-15)36(14-21(38)22-19(29)12-34-13-20(22)30)24(39)18-11-35-37(23(18)28(31,32)33)16-5-7-27(4,8-6-16)25(40)41/h11-13,15-17H,5-10,14H2,1-4H3,(H,40,41)/t15-,16-,17+,27-. The Hall–Kier alpha value is -2.66. The van der Waals surface area contributed by atoms with Gasteiger partial charge in [-0.2, -0.15) is 18.3 Å². The van der Waals surface area contributed by atoms with Crippen LogP contribution in [0.4, 0.5) is 13.2 Å². The molecule has 0 atom stereocenters. The van der Waals surface area contributed by atoms with E-state index in [0.717, 1.165) is 10.9 Å². The molecule has 0 saturated heterocycles. The fourth-order valence-corrected chi connectivity index (χ4v) is 6.33. The van der Waals surface area contributed by atoms with E-state index in [1.165, 1.54) is 17.3 Å². The molecule has 2 aromatic rings. The molecule has 2 aliphatic rings. The van der Waals surface area contributed by atoms with Crippen molar-refractivity contribution in [3.8, 4) is 0 Å². The molecular weight excluding hydrogens is 584 g/mol. The van der Waals surface area contributed by atoms with Crippen LogP contribution in [-0.2, 0) is 11.0 Å². The molecule has 8 nitrogen and oxygen atoms in total. The molecule has 13 heteroatoms. The number of halogens is 5. The molecule has 0 aromatic carbocycles. The molecule has 2 aliphatic carbocycles. The van der Waals surface area contributed by atoms with Crippen molar-refractivity contribution in [1.29, 1.82) is 0 Å². The smallest absolute Gasteiger partial charge is 0.433 e. The number of Topliss-reactive ketones (excluding diaryl/α,β-unsaturated/α-hetero) is 1. The predicted octanol–water partition coefficient (Wildman–Crippen LogP) is 6.96. The zero-order valence-corrected chi connectivity index (χ0v) is 24.8. The number of carbonyl (C=O) groups excluding carboxylic acids is 2. The van der Waals surface area contributed by atoms with Gasteiger partial charge in [-0.25, -0.2) is 0 Å². The van der Waals surface area contributed by atoms with Crippen molar-refractivity contribution >= 4 is 40.9 Å². The molecule has 41 heavy (non-hydrogen) atoms. The van der Waals surface area contributed by atoms with Crippen molar-refractivity contribution in [3.63, 3.8) is 0 Å². The van der Waals surface area contributed by atoms with Gasteiger partial charge in [0.1, 0.15) is 0 Å². The Labute approximate surface area is 246 Å². The number of aromatic nitrogens is 3. The van der Waals surface area contributed by atoms with Gasteiger partial charge in [0.05, 0.1) is 45.4 Å². The first kappa shape index (κ1) is 31.3. The summed E-state index contributed by atoms with van der Waals surface area (Å²) in [4.78, 5) is 43.9. The minimum Gasteiger partial charge on any atom is -0.481 e. The van der Waals surface area contributed by atoms with Crippen molar-refractivity contribution in [2.24, 2.45) is 16.7 Å². The SMILES string of the molecule is CC(C)(C)[C@H]1C[C@@H](N(CC(=O)c2c(Cl)cncc2Cl)C(=O)c2cnn([C@H]3CC[C@](C)(C(=O)O)CC3)c2C(F)(F)F)C1. The largest absolute Gasteiger partial charge is 0.481 e. The second-order valence-corrected chi connectivity index (χ2v) is 13.3. The molecule has 224 valence electrons. The number of carboxylic acid groups (broad SMARTS) is 1. The summed E-state index contributed by atoms with van der Waals surface area (Å²) >= 11 is 12.3. The Morgan fingerprint density at radius 3 is 2.12 bits per heavy atom. The van der Waals surface area contributed by atoms with Crippen LogP contribution in [0.1, 0.15) is 98.7 Å². The number of hydrogen-bond donors (Lipinski definition) is 1. The van der Waals surface area contributed by atoms with Crippen LogP contribution in [0.5, 0.6) is 0 Å². The maximum absolute atomic E-state index is 14.5. The summed E-state index contributed by atoms with van der Waals surface area (Å²) in [5.74, 6) is -2.35. The van der Waals surface area contributed by atoms with Crippen molar-refractivity contribution < 1.29 is 32.7 Å². The number of ketones is 1. The molecule has 0 radical (unpaired) electrons. The highest BCUT2D eigenvalue weighted by Gasteiger charge is 2.47. The first-order chi connectivity index (χ1) is 18.9.